The van der Waals surface area contributed by atoms with Gasteiger partial charge in [0.1, 0.15) is 18.2 Å². The van der Waals surface area contributed by atoms with Crippen molar-refractivity contribution in [3.63, 3.8) is 0 Å². The molecule has 118 valence electrons. The average molecular weight is 311 g/mol. The SMILES string of the molecule is Cc1nccn1-c1ccc(CNC(=O)[C@H](C)n2cnnn2)cc1. The molecule has 0 aliphatic carbocycles. The summed E-state index contributed by atoms with van der Waals surface area (Å²) in [6.45, 7) is 4.15. The van der Waals surface area contributed by atoms with Crippen molar-refractivity contribution in [3.8, 4) is 5.69 Å². The van der Waals surface area contributed by atoms with E-state index in [4.69, 9.17) is 0 Å². The van der Waals surface area contributed by atoms with E-state index in [1.165, 1.54) is 11.0 Å². The van der Waals surface area contributed by atoms with Gasteiger partial charge in [0.15, 0.2) is 0 Å². The van der Waals surface area contributed by atoms with Crippen LogP contribution in [0.4, 0.5) is 0 Å². The molecule has 8 nitrogen and oxygen atoms in total. The highest BCUT2D eigenvalue weighted by Gasteiger charge is 2.15. The Morgan fingerprint density at radius 3 is 2.70 bits per heavy atom. The summed E-state index contributed by atoms with van der Waals surface area (Å²) in [5.74, 6) is 0.799. The van der Waals surface area contributed by atoms with Crippen molar-refractivity contribution >= 4 is 5.91 Å². The minimum Gasteiger partial charge on any atom is -0.350 e. The zero-order valence-corrected chi connectivity index (χ0v) is 12.9. The minimum atomic E-state index is -0.446. The first-order valence-electron chi connectivity index (χ1n) is 7.24. The smallest absolute Gasteiger partial charge is 0.244 e. The summed E-state index contributed by atoms with van der Waals surface area (Å²) in [6.07, 6.45) is 5.11. The molecule has 0 saturated carbocycles. The fourth-order valence-electron chi connectivity index (χ4n) is 2.23. The van der Waals surface area contributed by atoms with Crippen LogP contribution in [0.5, 0.6) is 0 Å². The van der Waals surface area contributed by atoms with Crippen LogP contribution in [0.15, 0.2) is 43.0 Å². The Bertz CT molecular complexity index is 777. The molecule has 0 aliphatic rings. The van der Waals surface area contributed by atoms with Crippen LogP contribution < -0.4 is 5.32 Å². The van der Waals surface area contributed by atoms with Gasteiger partial charge in [0.25, 0.3) is 0 Å². The first-order valence-corrected chi connectivity index (χ1v) is 7.24. The predicted octanol–water partition coefficient (Wildman–Crippen LogP) is 1.04. The summed E-state index contributed by atoms with van der Waals surface area (Å²) >= 11 is 0. The number of amides is 1. The number of carbonyl (C=O) groups excluding carboxylic acids is 1. The lowest BCUT2D eigenvalue weighted by Crippen LogP contribution is -2.30. The summed E-state index contributed by atoms with van der Waals surface area (Å²) in [5, 5.41) is 13.7. The van der Waals surface area contributed by atoms with E-state index in [2.05, 4.69) is 25.8 Å². The second-order valence-electron chi connectivity index (χ2n) is 5.19. The molecule has 0 spiro atoms. The van der Waals surface area contributed by atoms with E-state index >= 15 is 0 Å². The lowest BCUT2D eigenvalue weighted by Gasteiger charge is -2.12. The van der Waals surface area contributed by atoms with Gasteiger partial charge in [0.2, 0.25) is 5.91 Å². The molecule has 0 unspecified atom stereocenters. The highest BCUT2D eigenvalue weighted by atomic mass is 16.2. The maximum atomic E-state index is 12.1. The lowest BCUT2D eigenvalue weighted by molar-refractivity contribution is -0.124. The van der Waals surface area contributed by atoms with Crippen LogP contribution in [0, 0.1) is 6.92 Å². The quantitative estimate of drug-likeness (QED) is 0.760. The maximum absolute atomic E-state index is 12.1. The number of aromatic nitrogens is 6. The molecule has 0 aliphatic heterocycles. The van der Waals surface area contributed by atoms with Gasteiger partial charge in [-0.05, 0) is 42.0 Å². The molecule has 1 N–H and O–H groups in total. The van der Waals surface area contributed by atoms with Crippen molar-refractivity contribution in [2.24, 2.45) is 0 Å². The number of nitrogens with zero attached hydrogens (tertiary/aromatic N) is 6. The molecule has 0 bridgehead atoms. The summed E-state index contributed by atoms with van der Waals surface area (Å²) < 4.78 is 3.42. The normalized spacial score (nSPS) is 12.1. The molecule has 2 heterocycles. The maximum Gasteiger partial charge on any atom is 0.244 e. The molecule has 1 atom stereocenters. The Balaban J connectivity index is 1.61. The molecular formula is C15H17N7O. The Kier molecular flexibility index (Phi) is 4.13. The van der Waals surface area contributed by atoms with Gasteiger partial charge in [-0.15, -0.1) is 5.10 Å². The number of benzene rings is 1. The van der Waals surface area contributed by atoms with Gasteiger partial charge in [-0.25, -0.2) is 9.67 Å². The summed E-state index contributed by atoms with van der Waals surface area (Å²) in [6, 6.07) is 7.52. The van der Waals surface area contributed by atoms with Gasteiger partial charge in [-0.3, -0.25) is 4.79 Å². The van der Waals surface area contributed by atoms with Gasteiger partial charge in [-0.2, -0.15) is 0 Å². The van der Waals surface area contributed by atoms with Crippen molar-refractivity contribution < 1.29 is 4.79 Å². The molecule has 3 aromatic rings. The largest absolute Gasteiger partial charge is 0.350 e. The summed E-state index contributed by atoms with van der Waals surface area (Å²) in [5.41, 5.74) is 2.06. The molecule has 8 heteroatoms. The van der Waals surface area contributed by atoms with E-state index < -0.39 is 6.04 Å². The molecular weight excluding hydrogens is 294 g/mol. The van der Waals surface area contributed by atoms with E-state index in [0.29, 0.717) is 6.54 Å². The third kappa shape index (κ3) is 3.25. The second-order valence-corrected chi connectivity index (χ2v) is 5.19. The third-order valence-electron chi connectivity index (χ3n) is 3.65. The number of carbonyl (C=O) groups is 1. The average Bonchev–Trinajstić information content (AvgIpc) is 3.24. The Hall–Kier alpha value is -3.03. The van der Waals surface area contributed by atoms with Crippen LogP contribution in [0.3, 0.4) is 0 Å². The molecule has 0 fully saturated rings. The lowest BCUT2D eigenvalue weighted by atomic mass is 10.2. The molecule has 2 aromatic heterocycles. The third-order valence-corrected chi connectivity index (χ3v) is 3.65. The number of nitrogens with one attached hydrogen (secondary N) is 1. The minimum absolute atomic E-state index is 0.133. The van der Waals surface area contributed by atoms with Crippen LogP contribution in [-0.4, -0.2) is 35.7 Å². The van der Waals surface area contributed by atoms with E-state index in [1.807, 2.05) is 42.0 Å². The van der Waals surface area contributed by atoms with Crippen molar-refractivity contribution in [2.45, 2.75) is 26.4 Å². The molecule has 0 saturated heterocycles. The fraction of sp³-hybridized carbons (Fsp3) is 0.267. The van der Waals surface area contributed by atoms with Gasteiger partial charge in [0.05, 0.1) is 0 Å². The Labute approximate surface area is 133 Å². The molecule has 23 heavy (non-hydrogen) atoms. The molecule has 1 amide bonds. The van der Waals surface area contributed by atoms with Crippen molar-refractivity contribution in [1.82, 2.24) is 35.1 Å². The van der Waals surface area contributed by atoms with Crippen molar-refractivity contribution in [3.05, 3.63) is 54.4 Å². The van der Waals surface area contributed by atoms with Crippen molar-refractivity contribution in [1.29, 1.82) is 0 Å². The zero-order valence-electron chi connectivity index (χ0n) is 12.9. The Morgan fingerprint density at radius 1 is 1.30 bits per heavy atom. The summed E-state index contributed by atoms with van der Waals surface area (Å²) in [7, 11) is 0. The second kappa shape index (κ2) is 6.39. The standard InChI is InChI=1S/C15H17N7O/c1-11(22-10-18-19-20-22)15(23)17-9-13-3-5-14(6-4-13)21-8-7-16-12(21)2/h3-8,10-11H,9H2,1-2H3,(H,17,23)/t11-/m0/s1. The van der Waals surface area contributed by atoms with Gasteiger partial charge in [-0.1, -0.05) is 12.1 Å². The number of tetrazole rings is 1. The highest BCUT2D eigenvalue weighted by Crippen LogP contribution is 2.12. The van der Waals surface area contributed by atoms with Gasteiger partial charge < -0.3 is 9.88 Å². The van der Waals surface area contributed by atoms with Crippen molar-refractivity contribution in [2.75, 3.05) is 0 Å². The van der Waals surface area contributed by atoms with Crippen LogP contribution in [-0.2, 0) is 11.3 Å². The van der Waals surface area contributed by atoms with Crippen LogP contribution in [0.1, 0.15) is 24.4 Å². The van der Waals surface area contributed by atoms with Crippen LogP contribution in [0.25, 0.3) is 5.69 Å². The molecule has 3 rings (SSSR count). The van der Waals surface area contributed by atoms with E-state index in [9.17, 15) is 4.79 Å². The monoisotopic (exact) mass is 311 g/mol. The van der Waals surface area contributed by atoms with Crippen LogP contribution >= 0.6 is 0 Å². The first kappa shape index (κ1) is 14.9. The molecule has 1 aromatic carbocycles. The Morgan fingerprint density at radius 2 is 2.09 bits per heavy atom. The van der Waals surface area contributed by atoms with E-state index in [-0.39, 0.29) is 5.91 Å². The van der Waals surface area contributed by atoms with Gasteiger partial charge >= 0.3 is 0 Å². The van der Waals surface area contributed by atoms with Gasteiger partial charge in [0, 0.05) is 24.6 Å². The number of imidazole rings is 1. The summed E-state index contributed by atoms with van der Waals surface area (Å²) in [4.78, 5) is 16.3. The fourth-order valence-corrected chi connectivity index (χ4v) is 2.23. The van der Waals surface area contributed by atoms with Crippen LogP contribution in [0.2, 0.25) is 0 Å². The predicted molar refractivity (Wildman–Crippen MR) is 82.7 cm³/mol. The number of hydrogen-bond acceptors (Lipinski definition) is 5. The van der Waals surface area contributed by atoms with E-state index in [1.54, 1.807) is 13.1 Å². The van der Waals surface area contributed by atoms with E-state index in [0.717, 1.165) is 17.1 Å². The number of rotatable bonds is 5. The number of aryl methyl sites for hydroxylation is 1. The highest BCUT2D eigenvalue weighted by molar-refractivity contribution is 5.79. The molecule has 0 radical (unpaired) electrons. The first-order chi connectivity index (χ1) is 11.1. The topological polar surface area (TPSA) is 90.5 Å². The number of hydrogen-bond donors (Lipinski definition) is 1. The zero-order chi connectivity index (χ0) is 16.2.